The Labute approximate surface area is 116 Å². The first-order chi connectivity index (χ1) is 6.53. The maximum absolute atomic E-state index is 6.36. The summed E-state index contributed by atoms with van der Waals surface area (Å²) in [5.41, 5.74) is 3.23. The van der Waals surface area contributed by atoms with Crippen LogP contribution in [0.25, 0.3) is 6.08 Å². The molecule has 1 aliphatic rings. The molecule has 0 bridgehead atoms. The van der Waals surface area contributed by atoms with Crippen LogP contribution in [0.5, 0.6) is 0 Å². The second-order valence-corrected chi connectivity index (χ2v) is 5.24. The number of alkyl halides is 2. The fraction of sp³-hybridized carbons (Fsp3) is 0.333. The van der Waals surface area contributed by atoms with E-state index in [0.717, 1.165) is 16.7 Å². The van der Waals surface area contributed by atoms with E-state index in [9.17, 15) is 0 Å². The Bertz CT molecular complexity index is 394. The number of rotatable bonds is 1. The molecule has 0 fully saturated rings. The molecule has 0 N–H and O–H groups in total. The molecule has 15 heavy (non-hydrogen) atoms. The van der Waals surface area contributed by atoms with Crippen LogP contribution in [0.3, 0.4) is 0 Å². The van der Waals surface area contributed by atoms with Gasteiger partial charge in [-0.3, -0.25) is 0 Å². The van der Waals surface area contributed by atoms with Crippen molar-refractivity contribution in [1.82, 2.24) is 0 Å². The fourth-order valence-electron chi connectivity index (χ4n) is 1.85. The zero-order chi connectivity index (χ0) is 10.3. The number of fused-ring (bicyclic) bond motifs is 1. The molecule has 3 heteroatoms. The van der Waals surface area contributed by atoms with Gasteiger partial charge in [-0.15, -0.1) is 0 Å². The molecule has 0 radical (unpaired) electrons. The van der Waals surface area contributed by atoms with Crippen LogP contribution >= 0.6 is 23.2 Å². The van der Waals surface area contributed by atoms with Gasteiger partial charge in [0.15, 0.2) is 4.33 Å². The van der Waals surface area contributed by atoms with Crippen molar-refractivity contribution in [2.75, 3.05) is 0 Å². The van der Waals surface area contributed by atoms with Crippen LogP contribution in [-0.2, 0) is 26.1 Å². The predicted octanol–water partition coefficient (Wildman–Crippen LogP) is 4.37. The smallest absolute Gasteiger partial charge is 0.0912 e. The summed E-state index contributed by atoms with van der Waals surface area (Å²) in [5, 5.41) is 0. The van der Waals surface area contributed by atoms with Gasteiger partial charge in [-0.05, 0) is 22.6 Å². The van der Waals surface area contributed by atoms with Gasteiger partial charge in [-0.25, -0.2) is 0 Å². The Morgan fingerprint density at radius 2 is 1.73 bits per heavy atom. The second-order valence-electron chi connectivity index (χ2n) is 3.92. The zero-order valence-electron chi connectivity index (χ0n) is 8.72. The van der Waals surface area contributed by atoms with Gasteiger partial charge in [-0.2, -0.15) is 0 Å². The summed E-state index contributed by atoms with van der Waals surface area (Å²) in [5.74, 6) is 0.373. The van der Waals surface area contributed by atoms with Gasteiger partial charge in [0.2, 0.25) is 0 Å². The van der Waals surface area contributed by atoms with Gasteiger partial charge < -0.3 is 0 Å². The van der Waals surface area contributed by atoms with Crippen molar-refractivity contribution < 1.29 is 21.7 Å². The molecule has 0 amide bonds. The molecule has 0 spiro atoms. The van der Waals surface area contributed by atoms with E-state index in [1.54, 1.807) is 0 Å². The number of hydrogen-bond acceptors (Lipinski definition) is 0. The Morgan fingerprint density at radius 3 is 2.27 bits per heavy atom. The first-order valence-electron chi connectivity index (χ1n) is 4.73. The summed E-state index contributed by atoms with van der Waals surface area (Å²) in [6.45, 7) is 4.22. The third-order valence-electron chi connectivity index (χ3n) is 2.59. The first-order valence-corrected chi connectivity index (χ1v) is 5.48. The molecule has 0 aromatic heterocycles. The molecule has 1 aromatic rings. The van der Waals surface area contributed by atoms with E-state index in [0.29, 0.717) is 5.92 Å². The van der Waals surface area contributed by atoms with E-state index < -0.39 is 4.33 Å². The quantitative estimate of drug-likeness (QED) is 0.527. The summed E-state index contributed by atoms with van der Waals surface area (Å²) < 4.78 is -0.829. The first kappa shape index (κ1) is 13.3. The maximum atomic E-state index is 6.36. The van der Waals surface area contributed by atoms with Crippen LogP contribution in [0.15, 0.2) is 29.8 Å². The van der Waals surface area contributed by atoms with E-state index in [2.05, 4.69) is 19.9 Å². The molecule has 0 atom stereocenters. The van der Waals surface area contributed by atoms with E-state index >= 15 is 0 Å². The summed E-state index contributed by atoms with van der Waals surface area (Å²) in [6, 6.07) is 8.00. The van der Waals surface area contributed by atoms with Gasteiger partial charge in [0.1, 0.15) is 0 Å². The number of hydrogen-bond donors (Lipinski definition) is 0. The van der Waals surface area contributed by atoms with Crippen molar-refractivity contribution in [3.05, 3.63) is 41.0 Å². The summed E-state index contributed by atoms with van der Waals surface area (Å²) in [7, 11) is 0. The third-order valence-corrected chi connectivity index (χ3v) is 3.44. The van der Waals surface area contributed by atoms with Crippen LogP contribution in [0, 0.1) is 5.92 Å². The van der Waals surface area contributed by atoms with Crippen molar-refractivity contribution in [3.8, 4) is 0 Å². The van der Waals surface area contributed by atoms with Crippen LogP contribution in [0.1, 0.15) is 25.0 Å². The molecule has 1 aromatic carbocycles. The van der Waals surface area contributed by atoms with Crippen molar-refractivity contribution in [2.24, 2.45) is 5.92 Å². The topological polar surface area (TPSA) is 0 Å². The molecule has 0 nitrogen and oxygen atoms in total. The number of allylic oxidation sites excluding steroid dienone is 1. The van der Waals surface area contributed by atoms with Gasteiger partial charge in [-0.1, -0.05) is 67.4 Å². The summed E-state index contributed by atoms with van der Waals surface area (Å²) >= 11 is 12.7. The third kappa shape index (κ3) is 2.19. The van der Waals surface area contributed by atoms with Crippen molar-refractivity contribution in [1.29, 1.82) is 0 Å². The molecule has 0 saturated carbocycles. The largest absolute Gasteiger partial charge is 0.165 e. The van der Waals surface area contributed by atoms with E-state index in [1.165, 1.54) is 0 Å². The molecule has 0 aliphatic heterocycles. The van der Waals surface area contributed by atoms with Gasteiger partial charge in [0, 0.05) is 21.7 Å². The van der Waals surface area contributed by atoms with Gasteiger partial charge >= 0.3 is 0 Å². The molecule has 2 rings (SSSR count). The molecular weight excluding hydrogens is 263 g/mol. The monoisotopic (exact) mass is 274 g/mol. The van der Waals surface area contributed by atoms with E-state index in [4.69, 9.17) is 23.2 Å². The van der Waals surface area contributed by atoms with Gasteiger partial charge in [0.25, 0.3) is 0 Å². The normalized spacial score (nSPS) is 17.0. The SMILES string of the molecule is CC(C)C1=Cc2ccccc2C1(Cl)Cl.[Ti]. The summed E-state index contributed by atoms with van der Waals surface area (Å²) in [6.07, 6.45) is 2.10. The minimum atomic E-state index is -0.829. The van der Waals surface area contributed by atoms with Gasteiger partial charge in [0.05, 0.1) is 0 Å². The Kier molecular flexibility index (Phi) is 4.11. The molecule has 1 aliphatic carbocycles. The average molecular weight is 275 g/mol. The number of halogens is 2. The maximum Gasteiger partial charge on any atom is 0.165 e. The van der Waals surface area contributed by atoms with Crippen molar-refractivity contribution in [2.45, 2.75) is 18.2 Å². The van der Waals surface area contributed by atoms with E-state index in [1.807, 2.05) is 24.3 Å². The molecule has 0 saturated heterocycles. The minimum Gasteiger partial charge on any atom is -0.0912 e. The van der Waals surface area contributed by atoms with Crippen molar-refractivity contribution in [3.63, 3.8) is 0 Å². The van der Waals surface area contributed by atoms with Crippen molar-refractivity contribution >= 4 is 29.3 Å². The molecule has 0 heterocycles. The van der Waals surface area contributed by atoms with Crippen LogP contribution in [0.2, 0.25) is 0 Å². The number of benzene rings is 1. The fourth-order valence-corrected chi connectivity index (χ4v) is 2.74. The Balaban J connectivity index is 0.00000112. The average Bonchev–Trinajstić information content (AvgIpc) is 2.39. The van der Waals surface area contributed by atoms with Crippen LogP contribution < -0.4 is 0 Å². The zero-order valence-corrected chi connectivity index (χ0v) is 11.8. The summed E-state index contributed by atoms with van der Waals surface area (Å²) in [4.78, 5) is 0. The molecular formula is C12H12Cl2Ti. The molecule has 0 unspecified atom stereocenters. The minimum absolute atomic E-state index is 0. The van der Waals surface area contributed by atoms with Crippen LogP contribution in [0.4, 0.5) is 0 Å². The van der Waals surface area contributed by atoms with E-state index in [-0.39, 0.29) is 21.7 Å². The van der Waals surface area contributed by atoms with Crippen LogP contribution in [-0.4, -0.2) is 0 Å². The second kappa shape index (κ2) is 4.63. The predicted molar refractivity (Wildman–Crippen MR) is 62.6 cm³/mol. The Hall–Kier alpha value is 0.254. The Morgan fingerprint density at radius 1 is 1.13 bits per heavy atom. The standard InChI is InChI=1S/C12H12Cl2.Ti/c1-8(2)11-7-9-5-3-4-6-10(9)12(11,13)14;/h3-8H,1-2H3;. The molecule has 78 valence electrons.